The average Bonchev–Trinajstić information content (AvgIpc) is 2.44. The van der Waals surface area contributed by atoms with Gasteiger partial charge in [0.2, 0.25) is 15.9 Å². The third kappa shape index (κ3) is 8.01. The van der Waals surface area contributed by atoms with Gasteiger partial charge in [0.05, 0.1) is 12.3 Å². The molecule has 8 heteroatoms. The van der Waals surface area contributed by atoms with E-state index in [1.54, 1.807) is 31.4 Å². The van der Waals surface area contributed by atoms with Gasteiger partial charge >= 0.3 is 0 Å². The maximum atomic E-state index is 11.8. The van der Waals surface area contributed by atoms with Crippen molar-refractivity contribution in [1.82, 2.24) is 10.0 Å². The smallest absolute Gasteiger partial charge is 0.235 e. The maximum Gasteiger partial charge on any atom is 0.235 e. The van der Waals surface area contributed by atoms with Gasteiger partial charge in [0, 0.05) is 25.3 Å². The molecule has 0 saturated heterocycles. The number of amides is 1. The highest BCUT2D eigenvalue weighted by molar-refractivity contribution is 7.88. The summed E-state index contributed by atoms with van der Waals surface area (Å²) in [5.41, 5.74) is 0.604. The molecular weight excluding hydrogens is 316 g/mol. The zero-order chi connectivity index (χ0) is 15.7. The first-order valence-corrected chi connectivity index (χ1v) is 8.43. The Labute approximate surface area is 129 Å². The molecule has 0 atom stereocenters. The van der Waals surface area contributed by atoms with Gasteiger partial charge in [-0.15, -0.1) is 0 Å². The Morgan fingerprint density at radius 3 is 2.57 bits per heavy atom. The van der Waals surface area contributed by atoms with Crippen LogP contribution in [0, 0.1) is 0 Å². The van der Waals surface area contributed by atoms with Crippen molar-refractivity contribution in [3.05, 3.63) is 34.9 Å². The number of carbonyl (C=O) groups is 1. The van der Waals surface area contributed by atoms with E-state index < -0.39 is 10.0 Å². The predicted octanol–water partition coefficient (Wildman–Crippen LogP) is 0.912. The maximum absolute atomic E-state index is 11.8. The summed E-state index contributed by atoms with van der Waals surface area (Å²) in [6.07, 6.45) is 0.680. The molecule has 2 N–H and O–H groups in total. The van der Waals surface area contributed by atoms with E-state index in [0.29, 0.717) is 30.2 Å². The van der Waals surface area contributed by atoms with Crippen LogP contribution in [0.25, 0.3) is 0 Å². The lowest BCUT2D eigenvalue weighted by molar-refractivity contribution is -0.120. The molecule has 1 aromatic carbocycles. The molecule has 6 nitrogen and oxygen atoms in total. The molecule has 1 aromatic rings. The van der Waals surface area contributed by atoms with E-state index in [2.05, 4.69) is 10.0 Å². The van der Waals surface area contributed by atoms with E-state index in [9.17, 15) is 13.2 Å². The first-order valence-electron chi connectivity index (χ1n) is 6.40. The van der Waals surface area contributed by atoms with Crippen molar-refractivity contribution in [1.29, 1.82) is 0 Å². The van der Waals surface area contributed by atoms with Crippen LogP contribution in [0.5, 0.6) is 0 Å². The van der Waals surface area contributed by atoms with Crippen molar-refractivity contribution < 1.29 is 17.9 Å². The second-order valence-corrected chi connectivity index (χ2v) is 6.65. The summed E-state index contributed by atoms with van der Waals surface area (Å²) >= 11 is 5.73. The minimum absolute atomic E-state index is 0.193. The van der Waals surface area contributed by atoms with Crippen LogP contribution in [-0.2, 0) is 25.3 Å². The van der Waals surface area contributed by atoms with Gasteiger partial charge < -0.3 is 10.1 Å². The number of hydrogen-bond donors (Lipinski definition) is 2. The van der Waals surface area contributed by atoms with Crippen molar-refractivity contribution in [2.75, 3.05) is 26.8 Å². The number of rotatable bonds is 9. The summed E-state index contributed by atoms with van der Waals surface area (Å²) in [5.74, 6) is -0.563. The summed E-state index contributed by atoms with van der Waals surface area (Å²) < 4.78 is 30.7. The molecule has 0 aliphatic heterocycles. The third-order valence-electron chi connectivity index (χ3n) is 2.57. The van der Waals surface area contributed by atoms with Gasteiger partial charge in [0.15, 0.2) is 0 Å². The van der Waals surface area contributed by atoms with Crippen molar-refractivity contribution in [2.24, 2.45) is 0 Å². The number of benzene rings is 1. The number of carbonyl (C=O) groups excluding carboxylic acids is 1. The zero-order valence-electron chi connectivity index (χ0n) is 11.8. The van der Waals surface area contributed by atoms with Crippen LogP contribution < -0.4 is 10.0 Å². The molecule has 0 radical (unpaired) electrons. The van der Waals surface area contributed by atoms with E-state index in [1.165, 1.54) is 0 Å². The van der Waals surface area contributed by atoms with E-state index in [0.717, 1.165) is 0 Å². The molecule has 0 bridgehead atoms. The van der Waals surface area contributed by atoms with Crippen molar-refractivity contribution in [2.45, 2.75) is 12.2 Å². The number of methoxy groups -OCH3 is 1. The third-order valence-corrected chi connectivity index (χ3v) is 4.12. The van der Waals surface area contributed by atoms with Crippen LogP contribution in [0.2, 0.25) is 5.02 Å². The fourth-order valence-corrected chi connectivity index (χ4v) is 2.74. The zero-order valence-corrected chi connectivity index (χ0v) is 13.3. The van der Waals surface area contributed by atoms with Gasteiger partial charge in [-0.25, -0.2) is 13.1 Å². The molecule has 0 unspecified atom stereocenters. The van der Waals surface area contributed by atoms with Crippen molar-refractivity contribution >= 4 is 27.5 Å². The van der Waals surface area contributed by atoms with E-state index >= 15 is 0 Å². The molecule has 21 heavy (non-hydrogen) atoms. The standard InChI is InChI=1S/C13H19ClN2O4S/c1-20-8-2-7-15-13(17)9-16-21(18,19)10-11-3-5-12(14)6-4-11/h3-6,16H,2,7-10H2,1H3,(H,15,17). The summed E-state index contributed by atoms with van der Waals surface area (Å²) in [4.78, 5) is 11.5. The minimum atomic E-state index is -3.56. The lowest BCUT2D eigenvalue weighted by Crippen LogP contribution is -2.37. The quantitative estimate of drug-likeness (QED) is 0.657. The van der Waals surface area contributed by atoms with Crippen LogP contribution in [-0.4, -0.2) is 41.1 Å². The molecule has 0 aliphatic carbocycles. The van der Waals surface area contributed by atoms with Crippen LogP contribution in [0.1, 0.15) is 12.0 Å². The van der Waals surface area contributed by atoms with E-state index in [-0.39, 0.29) is 18.2 Å². The number of nitrogens with one attached hydrogen (secondary N) is 2. The molecule has 0 aromatic heterocycles. The Morgan fingerprint density at radius 1 is 1.29 bits per heavy atom. The Kier molecular flexibility index (Phi) is 7.66. The highest BCUT2D eigenvalue weighted by atomic mass is 35.5. The Balaban J connectivity index is 2.35. The monoisotopic (exact) mass is 334 g/mol. The fraction of sp³-hybridized carbons (Fsp3) is 0.462. The first-order chi connectivity index (χ1) is 9.93. The second kappa shape index (κ2) is 8.99. The lowest BCUT2D eigenvalue weighted by Gasteiger charge is -2.08. The summed E-state index contributed by atoms with van der Waals surface area (Å²) in [7, 11) is -1.98. The van der Waals surface area contributed by atoms with Crippen molar-refractivity contribution in [3.63, 3.8) is 0 Å². The lowest BCUT2D eigenvalue weighted by atomic mass is 10.2. The van der Waals surface area contributed by atoms with Crippen LogP contribution in [0.3, 0.4) is 0 Å². The SMILES string of the molecule is COCCCNC(=O)CNS(=O)(=O)Cc1ccc(Cl)cc1. The molecule has 118 valence electrons. The Hall–Kier alpha value is -1.15. The van der Waals surface area contributed by atoms with Gasteiger partial charge in [0.25, 0.3) is 0 Å². The van der Waals surface area contributed by atoms with Crippen LogP contribution >= 0.6 is 11.6 Å². The molecular formula is C13H19ClN2O4S. The van der Waals surface area contributed by atoms with E-state index in [4.69, 9.17) is 16.3 Å². The molecule has 1 amide bonds. The number of ether oxygens (including phenoxy) is 1. The molecule has 1 rings (SSSR count). The van der Waals surface area contributed by atoms with E-state index in [1.807, 2.05) is 0 Å². The topological polar surface area (TPSA) is 84.5 Å². The van der Waals surface area contributed by atoms with Gasteiger partial charge in [-0.1, -0.05) is 23.7 Å². The Morgan fingerprint density at radius 2 is 1.95 bits per heavy atom. The Bertz CT molecular complexity index is 546. The fourth-order valence-electron chi connectivity index (χ4n) is 1.53. The molecule has 0 aliphatic rings. The molecule has 0 heterocycles. The number of sulfonamides is 1. The summed E-state index contributed by atoms with van der Waals surface area (Å²) in [6, 6.07) is 6.50. The molecule has 0 spiro atoms. The van der Waals surface area contributed by atoms with Gasteiger partial charge in [-0.2, -0.15) is 0 Å². The number of halogens is 1. The van der Waals surface area contributed by atoms with Crippen molar-refractivity contribution in [3.8, 4) is 0 Å². The normalized spacial score (nSPS) is 11.3. The second-order valence-electron chi connectivity index (χ2n) is 4.40. The number of hydrogen-bond acceptors (Lipinski definition) is 4. The molecule has 0 saturated carbocycles. The molecule has 0 fully saturated rings. The minimum Gasteiger partial charge on any atom is -0.385 e. The summed E-state index contributed by atoms with van der Waals surface area (Å²) in [6.45, 7) is 0.719. The predicted molar refractivity (Wildman–Crippen MR) is 81.6 cm³/mol. The van der Waals surface area contributed by atoms with Crippen LogP contribution in [0.4, 0.5) is 0 Å². The average molecular weight is 335 g/mol. The largest absolute Gasteiger partial charge is 0.385 e. The van der Waals surface area contributed by atoms with Crippen LogP contribution in [0.15, 0.2) is 24.3 Å². The first kappa shape index (κ1) is 17.9. The van der Waals surface area contributed by atoms with Gasteiger partial charge in [-0.05, 0) is 24.1 Å². The highest BCUT2D eigenvalue weighted by Crippen LogP contribution is 2.11. The summed E-state index contributed by atoms with van der Waals surface area (Å²) in [5, 5.41) is 3.14. The highest BCUT2D eigenvalue weighted by Gasteiger charge is 2.13. The van der Waals surface area contributed by atoms with Gasteiger partial charge in [-0.3, -0.25) is 4.79 Å². The van der Waals surface area contributed by atoms with Gasteiger partial charge in [0.1, 0.15) is 0 Å².